The van der Waals surface area contributed by atoms with Crippen LogP contribution in [-0.2, 0) is 16.0 Å². The number of hydrogen-bond donors (Lipinski definition) is 2. The standard InChI is InChI=1S/C12H15NO4/c1-17-10-4-2-9(3-5-10)8-11(12(15)16)13-6-7-14/h2-5,7,11,13H,6,8H2,1H3,(H,15,16). The van der Waals surface area contributed by atoms with Crippen molar-refractivity contribution in [3.8, 4) is 5.75 Å². The molecule has 0 saturated carbocycles. The maximum absolute atomic E-state index is 10.9. The van der Waals surface area contributed by atoms with E-state index in [0.29, 0.717) is 12.7 Å². The number of rotatable bonds is 7. The van der Waals surface area contributed by atoms with E-state index in [9.17, 15) is 9.59 Å². The first kappa shape index (κ1) is 13.2. The van der Waals surface area contributed by atoms with Crippen molar-refractivity contribution < 1.29 is 19.4 Å². The highest BCUT2D eigenvalue weighted by molar-refractivity contribution is 5.74. The van der Waals surface area contributed by atoms with Crippen molar-refractivity contribution in [1.82, 2.24) is 5.32 Å². The number of ether oxygens (including phenoxy) is 1. The Hall–Kier alpha value is -1.88. The van der Waals surface area contributed by atoms with Crippen LogP contribution in [0.3, 0.4) is 0 Å². The Balaban J connectivity index is 2.64. The molecule has 17 heavy (non-hydrogen) atoms. The summed E-state index contributed by atoms with van der Waals surface area (Å²) in [7, 11) is 1.57. The number of benzene rings is 1. The van der Waals surface area contributed by atoms with E-state index in [-0.39, 0.29) is 6.54 Å². The van der Waals surface area contributed by atoms with E-state index in [1.807, 2.05) is 0 Å². The summed E-state index contributed by atoms with van der Waals surface area (Å²) in [5.74, 6) is -0.246. The average Bonchev–Trinajstić information content (AvgIpc) is 2.35. The SMILES string of the molecule is COc1ccc(CC(NCC=O)C(=O)O)cc1. The minimum atomic E-state index is -0.970. The summed E-state index contributed by atoms with van der Waals surface area (Å²) in [6.07, 6.45) is 0.969. The summed E-state index contributed by atoms with van der Waals surface area (Å²) in [4.78, 5) is 21.1. The molecule has 2 N–H and O–H groups in total. The second kappa shape index (κ2) is 6.65. The molecule has 1 aromatic carbocycles. The number of carboxylic acids is 1. The van der Waals surface area contributed by atoms with Crippen LogP contribution in [0.4, 0.5) is 0 Å². The van der Waals surface area contributed by atoms with E-state index in [2.05, 4.69) is 5.32 Å². The van der Waals surface area contributed by atoms with Crippen molar-refractivity contribution in [2.24, 2.45) is 0 Å². The number of aldehydes is 1. The summed E-state index contributed by atoms with van der Waals surface area (Å²) >= 11 is 0. The molecule has 5 heteroatoms. The Kier molecular flexibility index (Phi) is 5.16. The molecular formula is C12H15NO4. The number of carbonyl (C=O) groups excluding carboxylic acids is 1. The van der Waals surface area contributed by atoms with E-state index in [0.717, 1.165) is 11.3 Å². The largest absolute Gasteiger partial charge is 0.497 e. The number of carbonyl (C=O) groups is 2. The molecule has 0 saturated heterocycles. The fraction of sp³-hybridized carbons (Fsp3) is 0.333. The Labute approximate surface area is 99.4 Å². The topological polar surface area (TPSA) is 75.6 Å². The monoisotopic (exact) mass is 237 g/mol. The van der Waals surface area contributed by atoms with Crippen molar-refractivity contribution in [3.63, 3.8) is 0 Å². The quantitative estimate of drug-likeness (QED) is 0.674. The minimum Gasteiger partial charge on any atom is -0.497 e. The van der Waals surface area contributed by atoms with Crippen LogP contribution in [0.1, 0.15) is 5.56 Å². The molecular weight excluding hydrogens is 222 g/mol. The lowest BCUT2D eigenvalue weighted by Crippen LogP contribution is -2.39. The van der Waals surface area contributed by atoms with Gasteiger partial charge in [0.25, 0.3) is 0 Å². The highest BCUT2D eigenvalue weighted by atomic mass is 16.5. The molecule has 1 aromatic rings. The molecule has 0 amide bonds. The van der Waals surface area contributed by atoms with E-state index in [4.69, 9.17) is 9.84 Å². The molecule has 5 nitrogen and oxygen atoms in total. The van der Waals surface area contributed by atoms with Gasteiger partial charge in [0.05, 0.1) is 13.7 Å². The Morgan fingerprint density at radius 2 is 2.12 bits per heavy atom. The van der Waals surface area contributed by atoms with E-state index in [1.54, 1.807) is 31.4 Å². The van der Waals surface area contributed by atoms with Gasteiger partial charge in [-0.15, -0.1) is 0 Å². The highest BCUT2D eigenvalue weighted by Crippen LogP contribution is 2.12. The highest BCUT2D eigenvalue weighted by Gasteiger charge is 2.16. The second-order valence-corrected chi connectivity index (χ2v) is 3.52. The van der Waals surface area contributed by atoms with Gasteiger partial charge in [0.2, 0.25) is 0 Å². The van der Waals surface area contributed by atoms with Crippen LogP contribution in [0.2, 0.25) is 0 Å². The van der Waals surface area contributed by atoms with Crippen LogP contribution in [0.15, 0.2) is 24.3 Å². The van der Waals surface area contributed by atoms with Gasteiger partial charge >= 0.3 is 5.97 Å². The Morgan fingerprint density at radius 3 is 2.59 bits per heavy atom. The molecule has 0 aliphatic carbocycles. The second-order valence-electron chi connectivity index (χ2n) is 3.52. The van der Waals surface area contributed by atoms with Crippen LogP contribution >= 0.6 is 0 Å². The third-order valence-corrected chi connectivity index (χ3v) is 2.34. The maximum Gasteiger partial charge on any atom is 0.321 e. The van der Waals surface area contributed by atoms with Crippen LogP contribution < -0.4 is 10.1 Å². The summed E-state index contributed by atoms with van der Waals surface area (Å²) in [6, 6.07) is 6.39. The van der Waals surface area contributed by atoms with Crippen LogP contribution in [-0.4, -0.2) is 37.1 Å². The van der Waals surface area contributed by atoms with Gasteiger partial charge in [0.1, 0.15) is 18.1 Å². The number of hydrogen-bond acceptors (Lipinski definition) is 4. The van der Waals surface area contributed by atoms with E-state index < -0.39 is 12.0 Å². The first-order chi connectivity index (χ1) is 8.17. The summed E-state index contributed by atoms with van der Waals surface area (Å²) in [5.41, 5.74) is 0.872. The first-order valence-electron chi connectivity index (χ1n) is 5.20. The molecule has 0 aliphatic rings. The fourth-order valence-corrected chi connectivity index (χ4v) is 1.43. The zero-order chi connectivity index (χ0) is 12.7. The molecule has 92 valence electrons. The minimum absolute atomic E-state index is 0.0348. The van der Waals surface area contributed by atoms with Gasteiger partial charge in [-0.3, -0.25) is 10.1 Å². The molecule has 1 atom stereocenters. The number of carboxylic acid groups (broad SMARTS) is 1. The van der Waals surface area contributed by atoms with Gasteiger partial charge < -0.3 is 14.6 Å². The van der Waals surface area contributed by atoms with Gasteiger partial charge in [-0.2, -0.15) is 0 Å². The third kappa shape index (κ3) is 4.24. The van der Waals surface area contributed by atoms with Crippen molar-refractivity contribution >= 4 is 12.3 Å². The van der Waals surface area contributed by atoms with Crippen LogP contribution in [0, 0.1) is 0 Å². The molecule has 1 unspecified atom stereocenters. The zero-order valence-electron chi connectivity index (χ0n) is 9.55. The number of nitrogens with one attached hydrogen (secondary N) is 1. The van der Waals surface area contributed by atoms with Crippen molar-refractivity contribution in [2.45, 2.75) is 12.5 Å². The van der Waals surface area contributed by atoms with Gasteiger partial charge in [-0.1, -0.05) is 12.1 Å². The van der Waals surface area contributed by atoms with Gasteiger partial charge in [0, 0.05) is 0 Å². The molecule has 0 radical (unpaired) electrons. The third-order valence-electron chi connectivity index (χ3n) is 2.34. The maximum atomic E-state index is 10.9. The summed E-state index contributed by atoms with van der Waals surface area (Å²) in [5, 5.41) is 11.6. The molecule has 0 heterocycles. The van der Waals surface area contributed by atoms with Crippen molar-refractivity contribution in [2.75, 3.05) is 13.7 Å². The average molecular weight is 237 g/mol. The summed E-state index contributed by atoms with van der Waals surface area (Å²) < 4.78 is 5.01. The molecule has 0 bridgehead atoms. The normalized spacial score (nSPS) is 11.8. The fourth-order valence-electron chi connectivity index (χ4n) is 1.43. The predicted molar refractivity (Wildman–Crippen MR) is 62.2 cm³/mol. The lowest BCUT2D eigenvalue weighted by Gasteiger charge is -2.12. The zero-order valence-corrected chi connectivity index (χ0v) is 9.55. The lowest BCUT2D eigenvalue weighted by molar-refractivity contribution is -0.139. The Morgan fingerprint density at radius 1 is 1.47 bits per heavy atom. The summed E-state index contributed by atoms with van der Waals surface area (Å²) in [6.45, 7) is 0.0348. The lowest BCUT2D eigenvalue weighted by atomic mass is 10.1. The molecule has 0 fully saturated rings. The molecule has 0 aromatic heterocycles. The van der Waals surface area contributed by atoms with Crippen LogP contribution in [0.25, 0.3) is 0 Å². The van der Waals surface area contributed by atoms with Gasteiger partial charge in [0.15, 0.2) is 0 Å². The van der Waals surface area contributed by atoms with Gasteiger partial charge in [-0.25, -0.2) is 0 Å². The molecule has 1 rings (SSSR count). The molecule has 0 aliphatic heterocycles. The van der Waals surface area contributed by atoms with Crippen molar-refractivity contribution in [1.29, 1.82) is 0 Å². The predicted octanol–water partition coefficient (Wildman–Crippen LogP) is 0.479. The van der Waals surface area contributed by atoms with Crippen molar-refractivity contribution in [3.05, 3.63) is 29.8 Å². The van der Waals surface area contributed by atoms with E-state index in [1.165, 1.54) is 0 Å². The number of aliphatic carboxylic acids is 1. The number of methoxy groups -OCH3 is 1. The van der Waals surface area contributed by atoms with E-state index >= 15 is 0 Å². The van der Waals surface area contributed by atoms with Crippen LogP contribution in [0.5, 0.6) is 5.75 Å². The smallest absolute Gasteiger partial charge is 0.321 e. The Bertz CT molecular complexity index is 375. The van der Waals surface area contributed by atoms with Gasteiger partial charge in [-0.05, 0) is 24.1 Å². The molecule has 0 spiro atoms. The first-order valence-corrected chi connectivity index (χ1v) is 5.20.